The van der Waals surface area contributed by atoms with Crippen molar-refractivity contribution >= 4 is 0 Å². The normalized spacial score (nSPS) is 37.6. The van der Waals surface area contributed by atoms with Crippen LogP contribution in [0, 0.1) is 28.6 Å². The van der Waals surface area contributed by atoms with E-state index in [2.05, 4.69) is 24.0 Å². The van der Waals surface area contributed by atoms with Crippen molar-refractivity contribution in [3.63, 3.8) is 0 Å². The Balaban J connectivity index is 1.29. The largest absolute Gasteiger partial charge is 0.265 e. The van der Waals surface area contributed by atoms with E-state index in [1.165, 1.54) is 50.5 Å². The van der Waals surface area contributed by atoms with Gasteiger partial charge in [0.15, 0.2) is 0 Å². The predicted molar refractivity (Wildman–Crippen MR) is 113 cm³/mol. The molecule has 1 unspecified atom stereocenters. The summed E-state index contributed by atoms with van der Waals surface area (Å²) in [6.07, 6.45) is 25.3. The highest BCUT2D eigenvalue weighted by Crippen LogP contribution is 2.63. The maximum atomic E-state index is 4.25. The Morgan fingerprint density at radius 1 is 0.926 bits per heavy atom. The molecule has 1 aromatic heterocycles. The van der Waals surface area contributed by atoms with Gasteiger partial charge in [0.1, 0.15) is 0 Å². The zero-order valence-electron chi connectivity index (χ0n) is 17.5. The van der Waals surface area contributed by atoms with Crippen molar-refractivity contribution in [1.29, 1.82) is 0 Å². The van der Waals surface area contributed by atoms with Gasteiger partial charge in [-0.05, 0) is 129 Å². The van der Waals surface area contributed by atoms with Crippen LogP contribution in [0.1, 0.15) is 108 Å². The van der Waals surface area contributed by atoms with Crippen molar-refractivity contribution in [3.05, 3.63) is 30.1 Å². The van der Waals surface area contributed by atoms with Crippen LogP contribution < -0.4 is 0 Å². The lowest BCUT2D eigenvalue weighted by Crippen LogP contribution is -2.46. The molecule has 0 aliphatic heterocycles. The highest BCUT2D eigenvalue weighted by Gasteiger charge is 2.51. The van der Waals surface area contributed by atoms with Gasteiger partial charge in [0.25, 0.3) is 0 Å². The fourth-order valence-electron chi connectivity index (χ4n) is 8.46. The second-order valence-electron chi connectivity index (χ2n) is 11.2. The van der Waals surface area contributed by atoms with Gasteiger partial charge in [-0.25, -0.2) is 0 Å². The molecule has 1 heteroatoms. The Morgan fingerprint density at radius 3 is 2.07 bits per heavy atom. The Hall–Kier alpha value is -0.850. The SMILES string of the molecule is CCC(CC1(CCC23CC4CC(CC(C4)C2)C3)CCCC1)c1ccncc1. The van der Waals surface area contributed by atoms with Gasteiger partial charge in [0, 0.05) is 12.4 Å². The Morgan fingerprint density at radius 2 is 1.52 bits per heavy atom. The topological polar surface area (TPSA) is 12.9 Å². The van der Waals surface area contributed by atoms with E-state index in [0.717, 1.165) is 29.1 Å². The van der Waals surface area contributed by atoms with Gasteiger partial charge >= 0.3 is 0 Å². The summed E-state index contributed by atoms with van der Waals surface area (Å²) in [4.78, 5) is 4.25. The molecule has 5 aliphatic carbocycles. The van der Waals surface area contributed by atoms with Gasteiger partial charge in [0.05, 0.1) is 0 Å². The smallest absolute Gasteiger partial charge is 0.0270 e. The third kappa shape index (κ3) is 3.60. The van der Waals surface area contributed by atoms with Crippen LogP contribution in [0.5, 0.6) is 0 Å². The van der Waals surface area contributed by atoms with Crippen LogP contribution in [-0.2, 0) is 0 Å². The van der Waals surface area contributed by atoms with Gasteiger partial charge in [0.2, 0.25) is 0 Å². The lowest BCUT2D eigenvalue weighted by molar-refractivity contribution is -0.0638. The van der Waals surface area contributed by atoms with Crippen LogP contribution >= 0.6 is 0 Å². The number of pyridine rings is 1. The first-order valence-corrected chi connectivity index (χ1v) is 12.1. The molecule has 5 saturated carbocycles. The average molecular weight is 366 g/mol. The molecule has 0 saturated heterocycles. The van der Waals surface area contributed by atoms with Crippen molar-refractivity contribution in [2.75, 3.05) is 0 Å². The average Bonchev–Trinajstić information content (AvgIpc) is 3.13. The van der Waals surface area contributed by atoms with Crippen LogP contribution in [0.15, 0.2) is 24.5 Å². The number of aromatic nitrogens is 1. The third-order valence-electron chi connectivity index (χ3n) is 9.36. The van der Waals surface area contributed by atoms with Crippen LogP contribution in [0.4, 0.5) is 0 Å². The van der Waals surface area contributed by atoms with Gasteiger partial charge in [-0.1, -0.05) is 19.8 Å². The number of nitrogens with zero attached hydrogens (tertiary/aromatic N) is 1. The van der Waals surface area contributed by atoms with E-state index in [-0.39, 0.29) is 0 Å². The van der Waals surface area contributed by atoms with E-state index >= 15 is 0 Å². The maximum absolute atomic E-state index is 4.25. The predicted octanol–water partition coefficient (Wildman–Crippen LogP) is 7.52. The van der Waals surface area contributed by atoms with Crippen molar-refractivity contribution in [2.45, 2.75) is 103 Å². The van der Waals surface area contributed by atoms with Gasteiger partial charge in [-0.15, -0.1) is 0 Å². The summed E-state index contributed by atoms with van der Waals surface area (Å²) in [5.41, 5.74) is 2.95. The van der Waals surface area contributed by atoms with Crippen LogP contribution in [0.25, 0.3) is 0 Å². The zero-order chi connectivity index (χ0) is 18.3. The Bertz CT molecular complexity index is 592. The minimum atomic E-state index is 0.646. The van der Waals surface area contributed by atoms with Crippen LogP contribution in [0.2, 0.25) is 0 Å². The Kier molecular flexibility index (Phi) is 4.85. The molecule has 4 bridgehead atoms. The first-order valence-electron chi connectivity index (χ1n) is 12.1. The van der Waals surface area contributed by atoms with E-state index in [1.54, 1.807) is 44.9 Å². The first-order chi connectivity index (χ1) is 13.2. The van der Waals surface area contributed by atoms with Gasteiger partial charge < -0.3 is 0 Å². The molecule has 5 aliphatic rings. The van der Waals surface area contributed by atoms with E-state index < -0.39 is 0 Å². The fraction of sp³-hybridized carbons (Fsp3) is 0.808. The third-order valence-corrected chi connectivity index (χ3v) is 9.36. The second-order valence-corrected chi connectivity index (χ2v) is 11.2. The molecule has 1 aromatic rings. The number of rotatable bonds is 7. The molecule has 0 spiro atoms. The molecule has 1 atom stereocenters. The summed E-state index contributed by atoms with van der Waals surface area (Å²) in [6.45, 7) is 2.40. The van der Waals surface area contributed by atoms with Crippen LogP contribution in [0.3, 0.4) is 0 Å². The summed E-state index contributed by atoms with van der Waals surface area (Å²) in [5, 5.41) is 0. The molecular formula is C26H39N. The number of hydrogen-bond acceptors (Lipinski definition) is 1. The molecule has 1 heterocycles. The second kappa shape index (κ2) is 7.20. The molecule has 5 fully saturated rings. The molecule has 6 rings (SSSR count). The highest BCUT2D eigenvalue weighted by atomic mass is 14.6. The summed E-state index contributed by atoms with van der Waals surface area (Å²) in [7, 11) is 0. The van der Waals surface area contributed by atoms with Crippen molar-refractivity contribution in [3.8, 4) is 0 Å². The first kappa shape index (κ1) is 18.2. The summed E-state index contributed by atoms with van der Waals surface area (Å²) < 4.78 is 0. The fourth-order valence-corrected chi connectivity index (χ4v) is 8.46. The van der Waals surface area contributed by atoms with E-state index in [1.807, 2.05) is 12.4 Å². The number of hydrogen-bond donors (Lipinski definition) is 0. The minimum absolute atomic E-state index is 0.646. The monoisotopic (exact) mass is 365 g/mol. The lowest BCUT2D eigenvalue weighted by Gasteiger charge is -2.57. The molecule has 0 aromatic carbocycles. The standard InChI is InChI=1S/C26H39N/c1-2-23(24-5-11-27-12-6-24)19-25(7-3-4-8-25)9-10-26-16-20-13-21(17-26)15-22(14-20)18-26/h5-6,11-12,20-23H,2-4,7-10,13-19H2,1H3. The van der Waals surface area contributed by atoms with E-state index in [4.69, 9.17) is 0 Å². The maximum Gasteiger partial charge on any atom is 0.0270 e. The highest BCUT2D eigenvalue weighted by molar-refractivity contribution is 5.16. The summed E-state index contributed by atoms with van der Waals surface area (Å²) >= 11 is 0. The molecule has 0 radical (unpaired) electrons. The molecular weight excluding hydrogens is 326 g/mol. The van der Waals surface area contributed by atoms with Gasteiger partial charge in [-0.3, -0.25) is 4.98 Å². The summed E-state index contributed by atoms with van der Waals surface area (Å²) in [6, 6.07) is 4.55. The molecule has 27 heavy (non-hydrogen) atoms. The van der Waals surface area contributed by atoms with Crippen molar-refractivity contribution in [1.82, 2.24) is 4.98 Å². The van der Waals surface area contributed by atoms with E-state index in [0.29, 0.717) is 5.41 Å². The minimum Gasteiger partial charge on any atom is -0.265 e. The quantitative estimate of drug-likeness (QED) is 0.487. The molecule has 0 amide bonds. The molecule has 1 nitrogen and oxygen atoms in total. The zero-order valence-corrected chi connectivity index (χ0v) is 17.5. The van der Waals surface area contributed by atoms with E-state index in [9.17, 15) is 0 Å². The van der Waals surface area contributed by atoms with Crippen LogP contribution in [-0.4, -0.2) is 4.98 Å². The van der Waals surface area contributed by atoms with Crippen molar-refractivity contribution in [2.24, 2.45) is 28.6 Å². The Labute approximate surface area is 166 Å². The molecule has 148 valence electrons. The lowest BCUT2D eigenvalue weighted by atomic mass is 9.48. The van der Waals surface area contributed by atoms with Gasteiger partial charge in [-0.2, -0.15) is 0 Å². The van der Waals surface area contributed by atoms with Crippen molar-refractivity contribution < 1.29 is 0 Å². The molecule has 0 N–H and O–H groups in total. The summed E-state index contributed by atoms with van der Waals surface area (Å²) in [5.74, 6) is 4.06.